The fourth-order valence-corrected chi connectivity index (χ4v) is 4.64. The number of carbonyl (C=O) groups is 1. The van der Waals surface area contributed by atoms with Crippen molar-refractivity contribution < 1.29 is 14.6 Å². The Labute approximate surface area is 168 Å². The summed E-state index contributed by atoms with van der Waals surface area (Å²) in [6.07, 6.45) is 2.75. The lowest BCUT2D eigenvalue weighted by molar-refractivity contribution is -0.141. The highest BCUT2D eigenvalue weighted by atomic mass is 35.5. The van der Waals surface area contributed by atoms with E-state index in [2.05, 4.69) is 17.0 Å². The van der Waals surface area contributed by atoms with Crippen molar-refractivity contribution in [2.24, 2.45) is 5.92 Å². The molecule has 27 heavy (non-hydrogen) atoms. The van der Waals surface area contributed by atoms with Gasteiger partial charge < -0.3 is 9.84 Å². The summed E-state index contributed by atoms with van der Waals surface area (Å²) in [7, 11) is 0. The Morgan fingerprint density at radius 1 is 1.19 bits per heavy atom. The van der Waals surface area contributed by atoms with Gasteiger partial charge in [-0.15, -0.1) is 0 Å². The summed E-state index contributed by atoms with van der Waals surface area (Å²) in [4.78, 5) is 13.5. The fraction of sp³-hybridized carbons (Fsp3) is 0.381. The molecule has 1 fully saturated rings. The lowest BCUT2D eigenvalue weighted by Gasteiger charge is -2.24. The molecule has 1 aliphatic carbocycles. The van der Waals surface area contributed by atoms with Crippen LogP contribution >= 0.6 is 23.2 Å². The van der Waals surface area contributed by atoms with Crippen molar-refractivity contribution in [1.29, 1.82) is 0 Å². The van der Waals surface area contributed by atoms with Crippen LogP contribution in [-0.4, -0.2) is 29.1 Å². The molecule has 0 saturated carbocycles. The summed E-state index contributed by atoms with van der Waals surface area (Å²) in [5.74, 6) is -0.120. The first-order valence-electron chi connectivity index (χ1n) is 9.18. The monoisotopic (exact) mass is 405 g/mol. The third-order valence-electron chi connectivity index (χ3n) is 5.62. The van der Waals surface area contributed by atoms with Crippen LogP contribution in [0.25, 0.3) is 0 Å². The predicted octanol–water partition coefficient (Wildman–Crippen LogP) is 4.97. The van der Waals surface area contributed by atoms with Crippen LogP contribution in [0.15, 0.2) is 36.4 Å². The number of ether oxygens (including phenoxy) is 1. The van der Waals surface area contributed by atoms with Gasteiger partial charge >= 0.3 is 5.97 Å². The topological polar surface area (TPSA) is 49.8 Å². The minimum atomic E-state index is -0.683. The van der Waals surface area contributed by atoms with Crippen LogP contribution in [0.5, 0.6) is 5.75 Å². The Bertz CT molecular complexity index is 850. The van der Waals surface area contributed by atoms with Gasteiger partial charge in [-0.2, -0.15) is 0 Å². The zero-order valence-corrected chi connectivity index (χ0v) is 16.3. The summed E-state index contributed by atoms with van der Waals surface area (Å²) < 4.78 is 5.93. The van der Waals surface area contributed by atoms with E-state index in [4.69, 9.17) is 27.9 Å². The summed E-state index contributed by atoms with van der Waals surface area (Å²) in [5, 5.41) is 10.4. The average molecular weight is 406 g/mol. The quantitative estimate of drug-likeness (QED) is 0.762. The number of aryl methyl sites for hydroxylation is 1. The smallest absolute Gasteiger partial charge is 0.307 e. The third kappa shape index (κ3) is 3.79. The maximum Gasteiger partial charge on any atom is 0.307 e. The van der Waals surface area contributed by atoms with Gasteiger partial charge in [-0.05, 0) is 61.2 Å². The molecule has 0 bridgehead atoms. The number of likely N-dealkylation sites (tertiary alicyclic amines) is 1. The molecule has 0 radical (unpaired) electrons. The molecule has 142 valence electrons. The highest BCUT2D eigenvalue weighted by molar-refractivity contribution is 6.35. The number of aliphatic carboxylic acids is 1. The lowest BCUT2D eigenvalue weighted by Crippen LogP contribution is -2.26. The Hall–Kier alpha value is -1.75. The van der Waals surface area contributed by atoms with E-state index in [1.807, 2.05) is 12.1 Å². The Kier molecular flexibility index (Phi) is 5.31. The van der Waals surface area contributed by atoms with E-state index in [1.165, 1.54) is 11.1 Å². The molecule has 4 nitrogen and oxygen atoms in total. The van der Waals surface area contributed by atoms with Crippen LogP contribution in [0.4, 0.5) is 0 Å². The number of carboxylic acid groups (broad SMARTS) is 1. The number of hydrogen-bond acceptors (Lipinski definition) is 3. The second kappa shape index (κ2) is 7.70. The number of fused-ring (bicyclic) bond motifs is 1. The second-order valence-corrected chi connectivity index (χ2v) is 8.04. The molecule has 2 aromatic carbocycles. The Morgan fingerprint density at radius 2 is 1.96 bits per heavy atom. The van der Waals surface area contributed by atoms with E-state index in [1.54, 1.807) is 12.1 Å². The molecule has 1 heterocycles. The number of halogens is 2. The van der Waals surface area contributed by atoms with Gasteiger partial charge in [-0.3, -0.25) is 9.69 Å². The summed E-state index contributed by atoms with van der Waals surface area (Å²) in [6.45, 7) is 1.82. The summed E-state index contributed by atoms with van der Waals surface area (Å²) >= 11 is 12.4. The highest BCUT2D eigenvalue weighted by Gasteiger charge is 2.35. The van der Waals surface area contributed by atoms with Gasteiger partial charge in [0.25, 0.3) is 0 Å². The summed E-state index contributed by atoms with van der Waals surface area (Å²) in [5.41, 5.74) is 3.36. The van der Waals surface area contributed by atoms with Crippen molar-refractivity contribution >= 4 is 29.2 Å². The van der Waals surface area contributed by atoms with Crippen molar-refractivity contribution in [2.75, 3.05) is 13.1 Å². The highest BCUT2D eigenvalue weighted by Crippen LogP contribution is 2.40. The lowest BCUT2D eigenvalue weighted by atomic mass is 10.1. The van der Waals surface area contributed by atoms with Crippen LogP contribution in [-0.2, 0) is 17.8 Å². The van der Waals surface area contributed by atoms with Crippen molar-refractivity contribution in [3.05, 3.63) is 63.1 Å². The van der Waals surface area contributed by atoms with Crippen molar-refractivity contribution in [3.63, 3.8) is 0 Å². The second-order valence-electron chi connectivity index (χ2n) is 7.22. The first-order valence-corrected chi connectivity index (χ1v) is 9.94. The normalized spacial score (nSPS) is 22.0. The van der Waals surface area contributed by atoms with Crippen LogP contribution in [0.2, 0.25) is 10.0 Å². The number of nitrogens with zero attached hydrogens (tertiary/aromatic N) is 1. The predicted molar refractivity (Wildman–Crippen MR) is 106 cm³/mol. The molecule has 1 unspecified atom stereocenters. The summed E-state index contributed by atoms with van der Waals surface area (Å²) in [6, 6.07) is 11.9. The van der Waals surface area contributed by atoms with Gasteiger partial charge in [0.15, 0.2) is 0 Å². The molecule has 1 aliphatic heterocycles. The zero-order chi connectivity index (χ0) is 19.0. The molecular weight excluding hydrogens is 385 g/mol. The molecule has 2 atom stereocenters. The minimum Gasteiger partial charge on any atom is -0.489 e. The molecule has 2 aromatic rings. The van der Waals surface area contributed by atoms with Gasteiger partial charge in [0.1, 0.15) is 12.4 Å². The van der Waals surface area contributed by atoms with Gasteiger partial charge in [0.2, 0.25) is 0 Å². The van der Waals surface area contributed by atoms with Gasteiger partial charge in [-0.1, -0.05) is 35.3 Å². The maximum atomic E-state index is 11.2. The number of hydrogen-bond donors (Lipinski definition) is 1. The van der Waals surface area contributed by atoms with Crippen molar-refractivity contribution in [1.82, 2.24) is 4.90 Å². The van der Waals surface area contributed by atoms with Crippen molar-refractivity contribution in [2.45, 2.75) is 31.9 Å². The fourth-order valence-electron chi connectivity index (χ4n) is 4.14. The van der Waals surface area contributed by atoms with Gasteiger partial charge in [-0.25, -0.2) is 0 Å². The van der Waals surface area contributed by atoms with Crippen LogP contribution < -0.4 is 4.74 Å². The van der Waals surface area contributed by atoms with Gasteiger partial charge in [0, 0.05) is 28.2 Å². The van der Waals surface area contributed by atoms with Crippen LogP contribution in [0, 0.1) is 5.92 Å². The molecular formula is C21H21Cl2NO3. The standard InChI is InChI=1S/C21H21Cl2NO3/c22-18-2-1-3-19(23)17(18)12-27-15-5-6-16-13(10-15)4-7-20(16)24-9-8-14(11-24)21(25)26/h1-3,5-6,10,14,20H,4,7-9,11-12H2,(H,25,26)/t14-,20?/m1/s1. The van der Waals surface area contributed by atoms with E-state index in [-0.39, 0.29) is 5.92 Å². The molecule has 2 aliphatic rings. The number of carboxylic acids is 1. The molecule has 4 rings (SSSR count). The van der Waals surface area contributed by atoms with E-state index < -0.39 is 5.97 Å². The largest absolute Gasteiger partial charge is 0.489 e. The van der Waals surface area contributed by atoms with E-state index in [0.29, 0.717) is 29.2 Å². The maximum absolute atomic E-state index is 11.2. The number of benzene rings is 2. The van der Waals surface area contributed by atoms with E-state index >= 15 is 0 Å². The first-order chi connectivity index (χ1) is 13.0. The third-order valence-corrected chi connectivity index (χ3v) is 6.32. The number of rotatable bonds is 5. The van der Waals surface area contributed by atoms with Crippen molar-refractivity contribution in [3.8, 4) is 5.75 Å². The zero-order valence-electron chi connectivity index (χ0n) is 14.8. The molecule has 1 N–H and O–H groups in total. The average Bonchev–Trinajstić information content (AvgIpc) is 3.27. The van der Waals surface area contributed by atoms with Crippen LogP contribution in [0.1, 0.15) is 35.6 Å². The van der Waals surface area contributed by atoms with Gasteiger partial charge in [0.05, 0.1) is 5.92 Å². The SMILES string of the molecule is O=C(O)[C@@H]1CCN(C2CCc3cc(OCc4c(Cl)cccc4Cl)ccc32)C1. The van der Waals surface area contributed by atoms with Crippen LogP contribution in [0.3, 0.4) is 0 Å². The molecule has 6 heteroatoms. The molecule has 0 spiro atoms. The molecule has 0 aromatic heterocycles. The molecule has 1 saturated heterocycles. The Morgan fingerprint density at radius 3 is 2.67 bits per heavy atom. The minimum absolute atomic E-state index is 0.239. The first kappa shape index (κ1) is 18.6. The molecule has 0 amide bonds. The van der Waals surface area contributed by atoms with E-state index in [0.717, 1.165) is 37.1 Å². The van der Waals surface area contributed by atoms with E-state index in [9.17, 15) is 9.90 Å². The Balaban J connectivity index is 1.45.